The van der Waals surface area contributed by atoms with Crippen molar-refractivity contribution in [1.82, 2.24) is 0 Å². The highest BCUT2D eigenvalue weighted by Crippen LogP contribution is 2.30. The van der Waals surface area contributed by atoms with E-state index in [4.69, 9.17) is 5.53 Å². The van der Waals surface area contributed by atoms with E-state index in [-0.39, 0.29) is 12.1 Å². The maximum absolute atomic E-state index is 12.2. The van der Waals surface area contributed by atoms with E-state index < -0.39 is 20.2 Å². The highest BCUT2D eigenvalue weighted by molar-refractivity contribution is 7.92. The Morgan fingerprint density at radius 1 is 1.35 bits per heavy atom. The molecule has 0 N–H and O–H groups in total. The molecule has 1 aromatic carbocycles. The summed E-state index contributed by atoms with van der Waals surface area (Å²) < 4.78 is 58.8. The molecule has 0 amide bonds. The second kappa shape index (κ2) is 4.64. The van der Waals surface area contributed by atoms with Crippen molar-refractivity contribution in [2.45, 2.75) is 16.9 Å². The molecule has 0 aromatic heterocycles. The molecule has 0 spiro atoms. The van der Waals surface area contributed by atoms with Gasteiger partial charge in [-0.25, -0.2) is 8.42 Å². The Hall–Kier alpha value is -1.73. The standard InChI is InChI=1S/C8H6F3N3O2S/c9-8(10,11)17(15,16)7-3-1-2-6(4-7)5-13-14-12/h1-4H,5H2. The summed E-state index contributed by atoms with van der Waals surface area (Å²) in [7, 11) is -5.36. The largest absolute Gasteiger partial charge is 0.501 e. The van der Waals surface area contributed by atoms with Crippen molar-refractivity contribution in [1.29, 1.82) is 0 Å². The minimum atomic E-state index is -5.36. The van der Waals surface area contributed by atoms with Gasteiger partial charge in [-0.2, -0.15) is 13.2 Å². The van der Waals surface area contributed by atoms with Gasteiger partial charge in [0.2, 0.25) is 0 Å². The van der Waals surface area contributed by atoms with Crippen LogP contribution in [0.5, 0.6) is 0 Å². The van der Waals surface area contributed by atoms with Crippen LogP contribution in [0.2, 0.25) is 0 Å². The van der Waals surface area contributed by atoms with Crippen LogP contribution in [0.1, 0.15) is 5.56 Å². The van der Waals surface area contributed by atoms with Crippen LogP contribution in [0.4, 0.5) is 13.2 Å². The van der Waals surface area contributed by atoms with Gasteiger partial charge in [0, 0.05) is 4.91 Å². The van der Waals surface area contributed by atoms with Crippen LogP contribution >= 0.6 is 0 Å². The van der Waals surface area contributed by atoms with Crippen molar-refractivity contribution >= 4 is 9.84 Å². The normalized spacial score (nSPS) is 11.9. The number of nitrogens with zero attached hydrogens (tertiary/aromatic N) is 3. The third-order valence-corrected chi connectivity index (χ3v) is 3.31. The topological polar surface area (TPSA) is 82.9 Å². The molecule has 5 nitrogen and oxygen atoms in total. The molecule has 0 atom stereocenters. The summed E-state index contributed by atoms with van der Waals surface area (Å²) in [4.78, 5) is 1.56. The average molecular weight is 265 g/mol. The highest BCUT2D eigenvalue weighted by atomic mass is 32.2. The molecule has 0 radical (unpaired) electrons. The van der Waals surface area contributed by atoms with Gasteiger partial charge in [-0.05, 0) is 23.2 Å². The van der Waals surface area contributed by atoms with Crippen molar-refractivity contribution in [3.05, 3.63) is 40.3 Å². The average Bonchev–Trinajstić information content (AvgIpc) is 2.25. The first-order valence-electron chi connectivity index (χ1n) is 4.20. The number of sulfone groups is 1. The van der Waals surface area contributed by atoms with E-state index in [2.05, 4.69) is 10.0 Å². The molecule has 0 aliphatic carbocycles. The fourth-order valence-corrected chi connectivity index (χ4v) is 1.89. The van der Waals surface area contributed by atoms with Gasteiger partial charge in [-0.1, -0.05) is 17.2 Å². The fourth-order valence-electron chi connectivity index (χ4n) is 1.06. The number of benzene rings is 1. The van der Waals surface area contributed by atoms with Crippen molar-refractivity contribution in [3.63, 3.8) is 0 Å². The first-order valence-corrected chi connectivity index (χ1v) is 5.68. The van der Waals surface area contributed by atoms with Crippen LogP contribution in [0, 0.1) is 0 Å². The van der Waals surface area contributed by atoms with Gasteiger partial charge in [0.15, 0.2) is 0 Å². The molecule has 9 heteroatoms. The second-order valence-electron chi connectivity index (χ2n) is 2.99. The Kier molecular flexibility index (Phi) is 3.64. The lowest BCUT2D eigenvalue weighted by molar-refractivity contribution is -0.0436. The van der Waals surface area contributed by atoms with Gasteiger partial charge in [0.05, 0.1) is 11.4 Å². The van der Waals surface area contributed by atoms with Crippen LogP contribution < -0.4 is 0 Å². The van der Waals surface area contributed by atoms with Gasteiger partial charge in [0.1, 0.15) is 0 Å². The zero-order valence-corrected chi connectivity index (χ0v) is 9.03. The maximum atomic E-state index is 12.2. The molecule has 1 rings (SSSR count). The zero-order chi connectivity index (χ0) is 13.1. The van der Waals surface area contributed by atoms with Gasteiger partial charge in [0.25, 0.3) is 9.84 Å². The SMILES string of the molecule is [N-]=[N+]=NCc1cccc(S(=O)(=O)C(F)(F)F)c1. The van der Waals surface area contributed by atoms with Gasteiger partial charge >= 0.3 is 5.51 Å². The third kappa shape index (κ3) is 2.89. The monoisotopic (exact) mass is 265 g/mol. The fraction of sp³-hybridized carbons (Fsp3) is 0.250. The van der Waals surface area contributed by atoms with Crippen LogP contribution in [0.3, 0.4) is 0 Å². The van der Waals surface area contributed by atoms with Crippen LogP contribution in [0.15, 0.2) is 34.3 Å². The molecular formula is C8H6F3N3O2S. The van der Waals surface area contributed by atoms with E-state index >= 15 is 0 Å². The predicted octanol–water partition coefficient (Wildman–Crippen LogP) is 2.79. The molecule has 0 bridgehead atoms. The van der Waals surface area contributed by atoms with Crippen molar-refractivity contribution in [2.24, 2.45) is 5.11 Å². The van der Waals surface area contributed by atoms with E-state index in [0.29, 0.717) is 0 Å². The van der Waals surface area contributed by atoms with E-state index in [1.165, 1.54) is 6.07 Å². The summed E-state index contributed by atoms with van der Waals surface area (Å²) in [6, 6.07) is 4.19. The molecule has 0 saturated carbocycles. The van der Waals surface area contributed by atoms with Crippen LogP contribution in [-0.2, 0) is 16.4 Å². The minimum absolute atomic E-state index is 0.188. The molecule has 17 heavy (non-hydrogen) atoms. The van der Waals surface area contributed by atoms with Crippen molar-refractivity contribution < 1.29 is 21.6 Å². The number of hydrogen-bond donors (Lipinski definition) is 0. The molecule has 0 aliphatic heterocycles. The van der Waals surface area contributed by atoms with E-state index in [9.17, 15) is 21.6 Å². The van der Waals surface area contributed by atoms with Crippen molar-refractivity contribution in [2.75, 3.05) is 0 Å². The van der Waals surface area contributed by atoms with E-state index in [0.717, 1.165) is 18.2 Å². The summed E-state index contributed by atoms with van der Waals surface area (Å²) in [6.07, 6.45) is 0. The Bertz CT molecular complexity index is 562. The van der Waals surface area contributed by atoms with Crippen molar-refractivity contribution in [3.8, 4) is 0 Å². The Balaban J connectivity index is 3.21. The van der Waals surface area contributed by atoms with Gasteiger partial charge in [-0.3, -0.25) is 0 Å². The molecule has 1 aromatic rings. The Morgan fingerprint density at radius 3 is 2.53 bits per heavy atom. The van der Waals surface area contributed by atoms with Gasteiger partial charge < -0.3 is 0 Å². The molecule has 0 unspecified atom stereocenters. The Morgan fingerprint density at radius 2 is 2.00 bits per heavy atom. The lowest BCUT2D eigenvalue weighted by Gasteiger charge is -2.08. The summed E-state index contributed by atoms with van der Waals surface area (Å²) >= 11 is 0. The lowest BCUT2D eigenvalue weighted by Crippen LogP contribution is -2.23. The smallest absolute Gasteiger partial charge is 0.214 e. The number of azide groups is 1. The molecule has 0 fully saturated rings. The van der Waals surface area contributed by atoms with Crippen LogP contribution in [-0.4, -0.2) is 13.9 Å². The number of alkyl halides is 3. The minimum Gasteiger partial charge on any atom is -0.214 e. The van der Waals surface area contributed by atoms with E-state index in [1.807, 2.05) is 0 Å². The van der Waals surface area contributed by atoms with Crippen LogP contribution in [0.25, 0.3) is 10.4 Å². The highest BCUT2D eigenvalue weighted by Gasteiger charge is 2.46. The maximum Gasteiger partial charge on any atom is 0.501 e. The van der Waals surface area contributed by atoms with Gasteiger partial charge in [-0.15, -0.1) is 0 Å². The molecule has 0 heterocycles. The third-order valence-electron chi connectivity index (χ3n) is 1.83. The molecule has 0 aliphatic rings. The summed E-state index contributed by atoms with van der Waals surface area (Å²) in [5.41, 5.74) is 2.89. The molecule has 92 valence electrons. The Labute approximate surface area is 94.4 Å². The first kappa shape index (κ1) is 13.3. The summed E-state index contributed by atoms with van der Waals surface area (Å²) in [6.45, 7) is -0.211. The number of rotatable bonds is 3. The first-order chi connectivity index (χ1) is 7.79. The number of hydrogen-bond acceptors (Lipinski definition) is 3. The lowest BCUT2D eigenvalue weighted by atomic mass is 10.2. The second-order valence-corrected chi connectivity index (χ2v) is 4.93. The quantitative estimate of drug-likeness (QED) is 0.478. The van der Waals surface area contributed by atoms with E-state index in [1.54, 1.807) is 0 Å². The number of halogens is 3. The summed E-state index contributed by atoms with van der Waals surface area (Å²) in [5.74, 6) is 0. The summed E-state index contributed by atoms with van der Waals surface area (Å²) in [5, 5.41) is 3.13. The predicted molar refractivity (Wildman–Crippen MR) is 52.5 cm³/mol. The molecular weight excluding hydrogens is 259 g/mol. The molecule has 0 saturated heterocycles. The zero-order valence-electron chi connectivity index (χ0n) is 8.22.